The first-order chi connectivity index (χ1) is 18.6. The molecule has 4 amide bonds. The highest BCUT2D eigenvalue weighted by molar-refractivity contribution is 7.92. The summed E-state index contributed by atoms with van der Waals surface area (Å²) in [7, 11) is -3.88. The molecular weight excluding hydrogens is 585 g/mol. The Kier molecular flexibility index (Phi) is 9.89. The highest BCUT2D eigenvalue weighted by Gasteiger charge is 2.35. The molecule has 2 saturated heterocycles. The minimum absolute atomic E-state index is 0.147. The minimum atomic E-state index is -3.88. The number of carbonyl (C=O) groups is 3. The van der Waals surface area contributed by atoms with E-state index in [0.29, 0.717) is 45.9 Å². The number of piperidine rings is 1. The van der Waals surface area contributed by atoms with Gasteiger partial charge in [0, 0.05) is 46.7 Å². The van der Waals surface area contributed by atoms with Crippen molar-refractivity contribution in [3.8, 4) is 0 Å². The second-order valence-corrected chi connectivity index (χ2v) is 13.1. The lowest BCUT2D eigenvalue weighted by Gasteiger charge is -2.34. The Morgan fingerprint density at radius 1 is 1.10 bits per heavy atom. The fourth-order valence-electron chi connectivity index (χ4n) is 4.60. The number of sulfonamides is 1. The van der Waals surface area contributed by atoms with Gasteiger partial charge in [0.1, 0.15) is 6.04 Å². The first-order valence-corrected chi connectivity index (χ1v) is 15.6. The van der Waals surface area contributed by atoms with Crippen molar-refractivity contribution < 1.29 is 22.8 Å². The van der Waals surface area contributed by atoms with Gasteiger partial charge in [-0.2, -0.15) is 4.72 Å². The van der Waals surface area contributed by atoms with Crippen LogP contribution in [0.5, 0.6) is 0 Å². The van der Waals surface area contributed by atoms with E-state index < -0.39 is 28.0 Å². The van der Waals surface area contributed by atoms with Crippen molar-refractivity contribution >= 4 is 74.2 Å². The molecule has 0 spiro atoms. The second kappa shape index (κ2) is 13.1. The molecule has 0 aliphatic carbocycles. The molecule has 4 rings (SSSR count). The van der Waals surface area contributed by atoms with Gasteiger partial charge in [0.2, 0.25) is 21.8 Å². The van der Waals surface area contributed by atoms with Crippen LogP contribution in [0.1, 0.15) is 30.6 Å². The molecule has 1 aromatic carbocycles. The quantitative estimate of drug-likeness (QED) is 0.397. The maximum absolute atomic E-state index is 13.1. The second-order valence-electron chi connectivity index (χ2n) is 9.29. The molecule has 39 heavy (non-hydrogen) atoms. The van der Waals surface area contributed by atoms with E-state index in [1.807, 2.05) is 0 Å². The summed E-state index contributed by atoms with van der Waals surface area (Å²) in [6.07, 6.45) is 3.84. The monoisotopic (exact) mass is 613 g/mol. The molecule has 2 fully saturated rings. The molecule has 0 saturated carbocycles. The molecule has 0 radical (unpaired) electrons. The zero-order valence-corrected chi connectivity index (χ0v) is 24.1. The molecule has 2 atom stereocenters. The molecule has 2 aliphatic heterocycles. The molecule has 14 heteroatoms. The van der Waals surface area contributed by atoms with Crippen LogP contribution in [-0.4, -0.2) is 74.3 Å². The number of hydrogen-bond donors (Lipinski definition) is 3. The average Bonchev–Trinajstić information content (AvgIpc) is 3.53. The third-order valence-electron chi connectivity index (χ3n) is 6.45. The SMILES string of the molecule is O=C(NCC1CCCN1C(=O)CN1CCCC(NS(=O)(=O)/C=C/c2ccc(Cl)s2)C1=O)Nc1cccc(Cl)c1. The number of halogens is 2. The molecule has 3 N–H and O–H groups in total. The topological polar surface area (TPSA) is 128 Å². The molecule has 210 valence electrons. The molecule has 2 aromatic rings. The molecule has 2 unspecified atom stereocenters. The fourth-order valence-corrected chi connectivity index (χ4v) is 6.86. The first kappa shape index (κ1) is 29.3. The van der Waals surface area contributed by atoms with Gasteiger partial charge in [0.15, 0.2) is 0 Å². The van der Waals surface area contributed by atoms with Crippen molar-refractivity contribution in [2.45, 2.75) is 37.8 Å². The Morgan fingerprint density at radius 3 is 2.64 bits per heavy atom. The van der Waals surface area contributed by atoms with E-state index in [1.165, 1.54) is 22.3 Å². The lowest BCUT2D eigenvalue weighted by molar-refractivity contribution is -0.143. The molecule has 3 heterocycles. The van der Waals surface area contributed by atoms with Crippen LogP contribution in [0, 0.1) is 0 Å². The number of urea groups is 1. The number of anilines is 1. The predicted octanol–water partition coefficient (Wildman–Crippen LogP) is 3.75. The van der Waals surface area contributed by atoms with Gasteiger partial charge in [0.05, 0.1) is 10.9 Å². The zero-order valence-electron chi connectivity index (χ0n) is 20.9. The van der Waals surface area contributed by atoms with Crippen LogP contribution in [0.4, 0.5) is 10.5 Å². The molecule has 10 nitrogen and oxygen atoms in total. The highest BCUT2D eigenvalue weighted by Crippen LogP contribution is 2.23. The van der Waals surface area contributed by atoms with E-state index in [9.17, 15) is 22.8 Å². The third-order valence-corrected chi connectivity index (χ3v) is 8.99. The van der Waals surface area contributed by atoms with Crippen LogP contribution >= 0.6 is 34.5 Å². The van der Waals surface area contributed by atoms with Crippen LogP contribution in [0.25, 0.3) is 6.08 Å². The molecular formula is C25H29Cl2N5O5S2. The lowest BCUT2D eigenvalue weighted by atomic mass is 10.1. The number of rotatable bonds is 9. The van der Waals surface area contributed by atoms with Crippen LogP contribution in [-0.2, 0) is 19.6 Å². The Bertz CT molecular complexity index is 1350. The van der Waals surface area contributed by atoms with Gasteiger partial charge in [-0.05, 0) is 62.1 Å². The summed E-state index contributed by atoms with van der Waals surface area (Å²) < 4.78 is 28.1. The van der Waals surface area contributed by atoms with Gasteiger partial charge in [-0.3, -0.25) is 9.59 Å². The van der Waals surface area contributed by atoms with Gasteiger partial charge >= 0.3 is 6.03 Å². The number of hydrogen-bond acceptors (Lipinski definition) is 6. The summed E-state index contributed by atoms with van der Waals surface area (Å²) >= 11 is 13.1. The van der Waals surface area contributed by atoms with Crippen molar-refractivity contribution in [3.63, 3.8) is 0 Å². The molecule has 1 aromatic heterocycles. The van der Waals surface area contributed by atoms with Crippen molar-refractivity contribution in [1.82, 2.24) is 19.8 Å². The number of nitrogens with zero attached hydrogens (tertiary/aromatic N) is 2. The van der Waals surface area contributed by atoms with Crippen molar-refractivity contribution in [3.05, 3.63) is 56.0 Å². The fraction of sp³-hybridized carbons (Fsp3) is 0.400. The largest absolute Gasteiger partial charge is 0.336 e. The van der Waals surface area contributed by atoms with Gasteiger partial charge in [-0.25, -0.2) is 13.2 Å². The average molecular weight is 615 g/mol. The number of benzene rings is 1. The van der Waals surface area contributed by atoms with Gasteiger partial charge in [-0.15, -0.1) is 11.3 Å². The smallest absolute Gasteiger partial charge is 0.319 e. The summed E-state index contributed by atoms with van der Waals surface area (Å²) in [4.78, 5) is 42.2. The maximum Gasteiger partial charge on any atom is 0.319 e. The van der Waals surface area contributed by atoms with E-state index in [-0.39, 0.29) is 25.0 Å². The summed E-state index contributed by atoms with van der Waals surface area (Å²) in [6.45, 7) is 1.00. The molecule has 0 bridgehead atoms. The standard InChI is InChI=1S/C25H29Cl2N5O5S2/c26-17-4-1-5-18(14-17)29-25(35)28-15-19-6-2-12-32(19)23(33)16-31-11-3-7-21(24(31)34)30-39(36,37)13-10-20-8-9-22(27)38-20/h1,4-5,8-10,13-14,19,21,30H,2-3,6-7,11-12,15-16H2,(H2,28,29,35)/b13-10+. The number of thiophene rings is 1. The first-order valence-electron chi connectivity index (χ1n) is 12.4. The van der Waals surface area contributed by atoms with Crippen LogP contribution in [0.2, 0.25) is 9.36 Å². The number of amides is 4. The minimum Gasteiger partial charge on any atom is -0.336 e. The van der Waals surface area contributed by atoms with E-state index in [0.717, 1.165) is 18.2 Å². The van der Waals surface area contributed by atoms with E-state index in [4.69, 9.17) is 23.2 Å². The van der Waals surface area contributed by atoms with E-state index in [2.05, 4.69) is 15.4 Å². The van der Waals surface area contributed by atoms with Gasteiger partial charge in [-0.1, -0.05) is 29.3 Å². The van der Waals surface area contributed by atoms with Crippen LogP contribution in [0.15, 0.2) is 41.8 Å². The van der Waals surface area contributed by atoms with Crippen molar-refractivity contribution in [2.75, 3.05) is 31.5 Å². The van der Waals surface area contributed by atoms with Crippen LogP contribution < -0.4 is 15.4 Å². The number of carbonyl (C=O) groups excluding carboxylic acids is 3. The highest BCUT2D eigenvalue weighted by atomic mass is 35.5. The van der Waals surface area contributed by atoms with E-state index in [1.54, 1.807) is 41.3 Å². The lowest BCUT2D eigenvalue weighted by Crippen LogP contribution is -2.55. The summed E-state index contributed by atoms with van der Waals surface area (Å²) in [5, 5.41) is 7.01. The summed E-state index contributed by atoms with van der Waals surface area (Å²) in [5.74, 6) is -0.665. The summed E-state index contributed by atoms with van der Waals surface area (Å²) in [5.41, 5.74) is 0.555. The van der Waals surface area contributed by atoms with E-state index >= 15 is 0 Å². The maximum atomic E-state index is 13.1. The van der Waals surface area contributed by atoms with Gasteiger partial charge < -0.3 is 20.4 Å². The van der Waals surface area contributed by atoms with Gasteiger partial charge in [0.25, 0.3) is 0 Å². The Morgan fingerprint density at radius 2 is 1.90 bits per heavy atom. The summed E-state index contributed by atoms with van der Waals surface area (Å²) in [6, 6.07) is 8.60. The Labute approximate surface area is 241 Å². The normalized spacial score (nSPS) is 20.0. The number of nitrogens with one attached hydrogen (secondary N) is 3. The third kappa shape index (κ3) is 8.42. The number of likely N-dealkylation sites (tertiary alicyclic amines) is 2. The zero-order chi connectivity index (χ0) is 28.0. The predicted molar refractivity (Wildman–Crippen MR) is 153 cm³/mol. The Balaban J connectivity index is 1.28. The molecule has 2 aliphatic rings. The van der Waals surface area contributed by atoms with Crippen molar-refractivity contribution in [1.29, 1.82) is 0 Å². The Hall–Kier alpha value is -2.64. The van der Waals surface area contributed by atoms with Crippen LogP contribution in [0.3, 0.4) is 0 Å². The van der Waals surface area contributed by atoms with Crippen molar-refractivity contribution in [2.24, 2.45) is 0 Å².